The first kappa shape index (κ1) is 13.0. The van der Waals surface area contributed by atoms with Crippen LogP contribution in [0.1, 0.15) is 27.1 Å². The zero-order chi connectivity index (χ0) is 13.1. The van der Waals surface area contributed by atoms with Crippen LogP contribution in [0.3, 0.4) is 0 Å². The van der Waals surface area contributed by atoms with E-state index in [1.165, 1.54) is 16.8 Å². The smallest absolute Gasteiger partial charge is 0.216 e. The van der Waals surface area contributed by atoms with Gasteiger partial charge in [0.1, 0.15) is 6.33 Å². The molecule has 2 rings (SSSR count). The first-order chi connectivity index (χ1) is 8.60. The molecule has 0 bridgehead atoms. The second-order valence-electron chi connectivity index (χ2n) is 4.16. The number of ether oxygens (including phenoxy) is 1. The maximum Gasteiger partial charge on any atom is 0.216 e. The second kappa shape index (κ2) is 5.46. The maximum atomic E-state index is 10.2. The van der Waals surface area contributed by atoms with Crippen molar-refractivity contribution in [2.75, 3.05) is 7.11 Å². The summed E-state index contributed by atoms with van der Waals surface area (Å²) in [6.07, 6.45) is 1.39. The van der Waals surface area contributed by atoms with Crippen LogP contribution in [-0.2, 0) is 6.42 Å². The second-order valence-corrected chi connectivity index (χ2v) is 5.45. The average molecular weight is 264 g/mol. The normalized spacial score (nSPS) is 12.4. The highest BCUT2D eigenvalue weighted by Crippen LogP contribution is 2.28. The minimum atomic E-state index is -0.526. The van der Waals surface area contributed by atoms with Crippen molar-refractivity contribution in [2.24, 2.45) is 0 Å². The van der Waals surface area contributed by atoms with E-state index in [0.717, 1.165) is 10.6 Å². The molecule has 1 atom stereocenters. The Bertz CT molecular complexity index is 520. The third-order valence-electron chi connectivity index (χ3n) is 2.82. The third kappa shape index (κ3) is 2.86. The van der Waals surface area contributed by atoms with E-state index in [-0.39, 0.29) is 0 Å². The highest BCUT2D eigenvalue weighted by atomic mass is 32.1. The number of nitrogens with zero attached hydrogens (tertiary/aromatic N) is 2. The molecule has 1 N–H and O–H groups in total. The lowest BCUT2D eigenvalue weighted by Crippen LogP contribution is -2.02. The Labute approximate surface area is 110 Å². The fourth-order valence-electron chi connectivity index (χ4n) is 1.66. The van der Waals surface area contributed by atoms with Gasteiger partial charge in [0.15, 0.2) is 0 Å². The predicted molar refractivity (Wildman–Crippen MR) is 71.0 cm³/mol. The minimum Gasteiger partial charge on any atom is -0.481 e. The summed E-state index contributed by atoms with van der Waals surface area (Å²) in [5, 5.41) is 10.2. The molecule has 18 heavy (non-hydrogen) atoms. The Balaban J connectivity index is 2.13. The van der Waals surface area contributed by atoms with Gasteiger partial charge in [-0.05, 0) is 25.5 Å². The molecule has 96 valence electrons. The molecule has 0 saturated carbocycles. The molecule has 0 amide bonds. The molecule has 5 heteroatoms. The lowest BCUT2D eigenvalue weighted by molar-refractivity contribution is 0.181. The molecule has 0 radical (unpaired) electrons. The van der Waals surface area contributed by atoms with Crippen molar-refractivity contribution in [3.05, 3.63) is 39.5 Å². The molecule has 4 nitrogen and oxygen atoms in total. The number of rotatable bonds is 4. The molecule has 0 spiro atoms. The quantitative estimate of drug-likeness (QED) is 0.921. The molecule has 0 aromatic carbocycles. The lowest BCUT2D eigenvalue weighted by Gasteiger charge is -2.08. The Kier molecular flexibility index (Phi) is 3.93. The monoisotopic (exact) mass is 264 g/mol. The van der Waals surface area contributed by atoms with Crippen LogP contribution in [0.5, 0.6) is 5.88 Å². The van der Waals surface area contributed by atoms with Crippen molar-refractivity contribution in [2.45, 2.75) is 26.4 Å². The van der Waals surface area contributed by atoms with Crippen LogP contribution in [0.25, 0.3) is 0 Å². The predicted octanol–water partition coefficient (Wildman–Crippen LogP) is 2.44. The minimum absolute atomic E-state index is 0.471. The van der Waals surface area contributed by atoms with E-state index in [9.17, 15) is 5.11 Å². The van der Waals surface area contributed by atoms with Crippen LogP contribution in [-0.4, -0.2) is 22.2 Å². The largest absolute Gasteiger partial charge is 0.481 e. The van der Waals surface area contributed by atoms with Gasteiger partial charge in [0.25, 0.3) is 0 Å². The summed E-state index contributed by atoms with van der Waals surface area (Å²) in [4.78, 5) is 10.3. The van der Waals surface area contributed by atoms with E-state index in [0.29, 0.717) is 12.3 Å². The van der Waals surface area contributed by atoms with E-state index in [4.69, 9.17) is 4.74 Å². The first-order valence-corrected chi connectivity index (χ1v) is 6.51. The summed E-state index contributed by atoms with van der Waals surface area (Å²) < 4.78 is 5.04. The zero-order valence-corrected chi connectivity index (χ0v) is 11.5. The van der Waals surface area contributed by atoms with E-state index < -0.39 is 6.10 Å². The van der Waals surface area contributed by atoms with Crippen LogP contribution in [0, 0.1) is 13.8 Å². The van der Waals surface area contributed by atoms with Gasteiger partial charge in [0.05, 0.1) is 18.9 Å². The van der Waals surface area contributed by atoms with Crippen molar-refractivity contribution in [3.63, 3.8) is 0 Å². The molecule has 0 aliphatic rings. The van der Waals surface area contributed by atoms with Gasteiger partial charge in [-0.25, -0.2) is 9.97 Å². The summed E-state index contributed by atoms with van der Waals surface area (Å²) in [5.41, 5.74) is 1.99. The van der Waals surface area contributed by atoms with Crippen molar-refractivity contribution in [1.29, 1.82) is 0 Å². The number of hydrogen-bond donors (Lipinski definition) is 1. The van der Waals surface area contributed by atoms with E-state index >= 15 is 0 Å². The van der Waals surface area contributed by atoms with Gasteiger partial charge in [0, 0.05) is 22.2 Å². The molecule has 0 saturated heterocycles. The number of thiophene rings is 1. The lowest BCUT2D eigenvalue weighted by atomic mass is 10.1. The Morgan fingerprint density at radius 3 is 2.72 bits per heavy atom. The summed E-state index contributed by atoms with van der Waals surface area (Å²) >= 11 is 1.63. The van der Waals surface area contributed by atoms with Crippen LogP contribution >= 0.6 is 11.3 Å². The molecule has 0 fully saturated rings. The van der Waals surface area contributed by atoms with Crippen LogP contribution in [0.2, 0.25) is 0 Å². The highest BCUT2D eigenvalue weighted by Gasteiger charge is 2.13. The van der Waals surface area contributed by atoms with Gasteiger partial charge in [-0.1, -0.05) is 0 Å². The van der Waals surface area contributed by atoms with E-state index in [2.05, 4.69) is 23.8 Å². The van der Waals surface area contributed by atoms with Gasteiger partial charge >= 0.3 is 0 Å². The van der Waals surface area contributed by atoms with Gasteiger partial charge in [-0.15, -0.1) is 11.3 Å². The fraction of sp³-hybridized carbons (Fsp3) is 0.385. The topological polar surface area (TPSA) is 55.2 Å². The summed E-state index contributed by atoms with van der Waals surface area (Å²) in [6.45, 7) is 4.11. The third-order valence-corrected chi connectivity index (χ3v) is 4.08. The van der Waals surface area contributed by atoms with Crippen molar-refractivity contribution < 1.29 is 9.84 Å². The van der Waals surface area contributed by atoms with Crippen molar-refractivity contribution >= 4 is 11.3 Å². The van der Waals surface area contributed by atoms with Gasteiger partial charge < -0.3 is 9.84 Å². The number of aryl methyl sites for hydroxylation is 2. The van der Waals surface area contributed by atoms with Gasteiger partial charge in [0.2, 0.25) is 5.88 Å². The van der Waals surface area contributed by atoms with Crippen LogP contribution in [0.15, 0.2) is 18.5 Å². The summed E-state index contributed by atoms with van der Waals surface area (Å²) in [6, 6.07) is 3.78. The van der Waals surface area contributed by atoms with Gasteiger partial charge in [-0.3, -0.25) is 0 Å². The summed E-state index contributed by atoms with van der Waals surface area (Å²) in [7, 11) is 1.56. The molecule has 0 aliphatic carbocycles. The maximum absolute atomic E-state index is 10.2. The number of hydrogen-bond acceptors (Lipinski definition) is 5. The first-order valence-electron chi connectivity index (χ1n) is 5.70. The molecule has 2 heterocycles. The standard InChI is InChI=1S/C13H16N2O2S/c1-8-4-12(18-9(8)2)11(16)5-10-6-13(17-3)15-7-14-10/h4,6-7,11,16H,5H2,1-3H3. The summed E-state index contributed by atoms with van der Waals surface area (Å²) in [5.74, 6) is 0.519. The van der Waals surface area contributed by atoms with Crippen LogP contribution in [0.4, 0.5) is 0 Å². The molecule has 1 unspecified atom stereocenters. The number of aliphatic hydroxyl groups excluding tert-OH is 1. The molecule has 0 aliphatic heterocycles. The van der Waals surface area contributed by atoms with E-state index in [1.807, 2.05) is 6.07 Å². The molecule has 2 aromatic rings. The Morgan fingerprint density at radius 1 is 1.33 bits per heavy atom. The van der Waals surface area contributed by atoms with Crippen LogP contribution < -0.4 is 4.74 Å². The Morgan fingerprint density at radius 2 is 2.11 bits per heavy atom. The van der Waals surface area contributed by atoms with Crippen molar-refractivity contribution in [3.8, 4) is 5.88 Å². The molecule has 2 aromatic heterocycles. The zero-order valence-electron chi connectivity index (χ0n) is 10.7. The molecular weight excluding hydrogens is 248 g/mol. The molecular formula is C13H16N2O2S. The average Bonchev–Trinajstić information content (AvgIpc) is 2.70. The highest BCUT2D eigenvalue weighted by molar-refractivity contribution is 7.12. The SMILES string of the molecule is COc1cc(CC(O)c2cc(C)c(C)s2)ncn1. The number of aromatic nitrogens is 2. The number of methoxy groups -OCH3 is 1. The number of aliphatic hydroxyl groups is 1. The van der Waals surface area contributed by atoms with Gasteiger partial charge in [-0.2, -0.15) is 0 Å². The Hall–Kier alpha value is -1.46. The fourth-order valence-corrected chi connectivity index (χ4v) is 2.69. The van der Waals surface area contributed by atoms with Crippen molar-refractivity contribution in [1.82, 2.24) is 9.97 Å². The van der Waals surface area contributed by atoms with E-state index in [1.54, 1.807) is 24.5 Å².